The van der Waals surface area contributed by atoms with Crippen LogP contribution in [0.1, 0.15) is 17.3 Å². The second-order valence-corrected chi connectivity index (χ2v) is 4.46. The Labute approximate surface area is 102 Å². The van der Waals surface area contributed by atoms with E-state index < -0.39 is 11.6 Å². The monoisotopic (exact) mass is 254 g/mol. The minimum Gasteiger partial charge on any atom is -0.311 e. The zero-order valence-electron chi connectivity index (χ0n) is 9.28. The molecule has 2 nitrogen and oxygen atoms in total. The first-order valence-electron chi connectivity index (χ1n) is 5.19. The lowest BCUT2D eigenvalue weighted by atomic mass is 10.0. The Bertz CT molecular complexity index is 465. The van der Waals surface area contributed by atoms with Crippen LogP contribution in [-0.2, 0) is 6.42 Å². The van der Waals surface area contributed by atoms with Crippen molar-refractivity contribution in [3.63, 3.8) is 0 Å². The van der Waals surface area contributed by atoms with Crippen LogP contribution in [0, 0.1) is 11.6 Å². The number of halogens is 2. The van der Waals surface area contributed by atoms with E-state index in [2.05, 4.69) is 10.3 Å². The van der Waals surface area contributed by atoms with Crippen LogP contribution in [0.4, 0.5) is 8.78 Å². The molecule has 0 aliphatic rings. The topological polar surface area (TPSA) is 24.9 Å². The molecule has 0 amide bonds. The molecule has 2 aromatic rings. The molecule has 0 radical (unpaired) electrons. The van der Waals surface area contributed by atoms with Crippen molar-refractivity contribution in [2.75, 3.05) is 7.05 Å². The second kappa shape index (κ2) is 5.33. The summed E-state index contributed by atoms with van der Waals surface area (Å²) in [6, 6.07) is 3.54. The summed E-state index contributed by atoms with van der Waals surface area (Å²) in [7, 11) is 1.81. The van der Waals surface area contributed by atoms with Crippen molar-refractivity contribution >= 4 is 11.3 Å². The molecule has 0 saturated carbocycles. The predicted octanol–water partition coefficient (Wildman–Crippen LogP) is 2.92. The van der Waals surface area contributed by atoms with Gasteiger partial charge in [0, 0.05) is 11.4 Å². The highest BCUT2D eigenvalue weighted by Crippen LogP contribution is 2.19. The van der Waals surface area contributed by atoms with E-state index in [1.54, 1.807) is 12.6 Å². The number of aromatic nitrogens is 1. The van der Waals surface area contributed by atoms with Crippen LogP contribution < -0.4 is 5.32 Å². The van der Waals surface area contributed by atoms with Crippen LogP contribution in [0.25, 0.3) is 0 Å². The SMILES string of the molecule is CNC(Cc1cc(F)cc(F)c1)c1cscn1. The normalized spacial score (nSPS) is 12.6. The van der Waals surface area contributed by atoms with Gasteiger partial charge in [-0.25, -0.2) is 13.8 Å². The molecule has 1 atom stereocenters. The number of rotatable bonds is 4. The fraction of sp³-hybridized carbons (Fsp3) is 0.250. The number of benzene rings is 1. The average Bonchev–Trinajstić information content (AvgIpc) is 2.77. The standard InChI is InChI=1S/C12H12F2N2S/c1-15-11(12-6-17-7-16-12)4-8-2-9(13)5-10(14)3-8/h2-3,5-7,11,15H,4H2,1H3. The van der Waals surface area contributed by atoms with Gasteiger partial charge in [0.25, 0.3) is 0 Å². The van der Waals surface area contributed by atoms with Crippen LogP contribution in [0.15, 0.2) is 29.1 Å². The number of nitrogens with one attached hydrogen (secondary N) is 1. The second-order valence-electron chi connectivity index (χ2n) is 3.74. The molecular formula is C12H12F2N2S. The lowest BCUT2D eigenvalue weighted by Gasteiger charge is -2.13. The lowest BCUT2D eigenvalue weighted by molar-refractivity contribution is 0.556. The summed E-state index contributed by atoms with van der Waals surface area (Å²) in [4.78, 5) is 4.20. The van der Waals surface area contributed by atoms with E-state index in [-0.39, 0.29) is 6.04 Å². The van der Waals surface area contributed by atoms with Gasteiger partial charge in [0.05, 0.1) is 17.2 Å². The fourth-order valence-corrected chi connectivity index (χ4v) is 2.32. The first-order valence-corrected chi connectivity index (χ1v) is 6.13. The van der Waals surface area contributed by atoms with Gasteiger partial charge in [-0.15, -0.1) is 11.3 Å². The molecule has 1 heterocycles. The summed E-state index contributed by atoms with van der Waals surface area (Å²) in [5.74, 6) is -1.10. The van der Waals surface area contributed by atoms with Gasteiger partial charge >= 0.3 is 0 Å². The van der Waals surface area contributed by atoms with E-state index >= 15 is 0 Å². The van der Waals surface area contributed by atoms with Gasteiger partial charge in [-0.2, -0.15) is 0 Å². The van der Waals surface area contributed by atoms with Crippen molar-refractivity contribution in [3.8, 4) is 0 Å². The van der Waals surface area contributed by atoms with Crippen molar-refractivity contribution in [2.24, 2.45) is 0 Å². The van der Waals surface area contributed by atoms with Gasteiger partial charge in [0.15, 0.2) is 0 Å². The summed E-state index contributed by atoms with van der Waals surface area (Å²) in [5, 5.41) is 5.02. The van der Waals surface area contributed by atoms with Gasteiger partial charge < -0.3 is 5.32 Å². The molecule has 0 fully saturated rings. The summed E-state index contributed by atoms with van der Waals surface area (Å²) in [6.07, 6.45) is 0.509. The van der Waals surface area contributed by atoms with E-state index in [0.717, 1.165) is 11.8 Å². The molecule has 1 aromatic carbocycles. The van der Waals surface area contributed by atoms with Crippen molar-refractivity contribution in [3.05, 3.63) is 52.0 Å². The maximum absolute atomic E-state index is 13.1. The van der Waals surface area contributed by atoms with Gasteiger partial charge in [-0.1, -0.05) is 0 Å². The number of nitrogens with zero attached hydrogens (tertiary/aromatic N) is 1. The zero-order valence-corrected chi connectivity index (χ0v) is 10.1. The Kier molecular flexibility index (Phi) is 3.81. The van der Waals surface area contributed by atoms with Crippen LogP contribution in [-0.4, -0.2) is 12.0 Å². The number of thiazole rings is 1. The Hall–Kier alpha value is -1.33. The van der Waals surface area contributed by atoms with Gasteiger partial charge in [-0.05, 0) is 31.2 Å². The van der Waals surface area contributed by atoms with Crippen LogP contribution in [0.5, 0.6) is 0 Å². The maximum atomic E-state index is 13.1. The first-order chi connectivity index (χ1) is 8.19. The molecule has 0 aliphatic heterocycles. The molecule has 17 heavy (non-hydrogen) atoms. The summed E-state index contributed by atoms with van der Waals surface area (Å²) in [5.41, 5.74) is 3.25. The first kappa shape index (κ1) is 12.1. The third-order valence-corrected chi connectivity index (χ3v) is 3.12. The molecule has 90 valence electrons. The highest BCUT2D eigenvalue weighted by atomic mass is 32.1. The minimum atomic E-state index is -0.548. The maximum Gasteiger partial charge on any atom is 0.126 e. The van der Waals surface area contributed by atoms with E-state index in [1.165, 1.54) is 23.5 Å². The molecule has 0 spiro atoms. The molecule has 5 heteroatoms. The lowest BCUT2D eigenvalue weighted by Crippen LogP contribution is -2.19. The van der Waals surface area contributed by atoms with E-state index in [0.29, 0.717) is 12.0 Å². The van der Waals surface area contributed by atoms with Gasteiger partial charge in [0.1, 0.15) is 11.6 Å². The average molecular weight is 254 g/mol. The third-order valence-electron chi connectivity index (χ3n) is 2.52. The fourth-order valence-electron chi connectivity index (χ4n) is 1.71. The molecule has 1 unspecified atom stereocenters. The largest absolute Gasteiger partial charge is 0.311 e. The van der Waals surface area contributed by atoms with Crippen molar-refractivity contribution < 1.29 is 8.78 Å². The molecular weight excluding hydrogens is 242 g/mol. The molecule has 0 bridgehead atoms. The zero-order chi connectivity index (χ0) is 12.3. The highest BCUT2D eigenvalue weighted by molar-refractivity contribution is 7.07. The Morgan fingerprint density at radius 1 is 1.29 bits per heavy atom. The minimum absolute atomic E-state index is 0.0255. The van der Waals surface area contributed by atoms with E-state index in [1.807, 2.05) is 5.38 Å². The molecule has 0 saturated heterocycles. The Morgan fingerprint density at radius 2 is 2.00 bits per heavy atom. The highest BCUT2D eigenvalue weighted by Gasteiger charge is 2.13. The van der Waals surface area contributed by atoms with Gasteiger partial charge in [0.2, 0.25) is 0 Å². The number of hydrogen-bond acceptors (Lipinski definition) is 3. The smallest absolute Gasteiger partial charge is 0.126 e. The van der Waals surface area contributed by atoms with E-state index in [4.69, 9.17) is 0 Å². The van der Waals surface area contributed by atoms with E-state index in [9.17, 15) is 8.78 Å². The van der Waals surface area contributed by atoms with Gasteiger partial charge in [-0.3, -0.25) is 0 Å². The molecule has 1 aromatic heterocycles. The summed E-state index contributed by atoms with van der Waals surface area (Å²) >= 11 is 1.50. The van der Waals surface area contributed by atoms with Crippen molar-refractivity contribution in [2.45, 2.75) is 12.5 Å². The van der Waals surface area contributed by atoms with Crippen LogP contribution in [0.2, 0.25) is 0 Å². The Balaban J connectivity index is 2.18. The Morgan fingerprint density at radius 3 is 2.53 bits per heavy atom. The summed E-state index contributed by atoms with van der Waals surface area (Å²) in [6.45, 7) is 0. The molecule has 0 aliphatic carbocycles. The molecule has 1 N–H and O–H groups in total. The predicted molar refractivity (Wildman–Crippen MR) is 64.0 cm³/mol. The van der Waals surface area contributed by atoms with Crippen LogP contribution in [0.3, 0.4) is 0 Å². The van der Waals surface area contributed by atoms with Crippen molar-refractivity contribution in [1.29, 1.82) is 0 Å². The summed E-state index contributed by atoms with van der Waals surface area (Å²) < 4.78 is 26.1. The third kappa shape index (κ3) is 3.08. The quantitative estimate of drug-likeness (QED) is 0.907. The number of likely N-dealkylation sites (N-methyl/N-ethyl adjacent to an activating group) is 1. The van der Waals surface area contributed by atoms with Crippen LogP contribution >= 0.6 is 11.3 Å². The molecule has 2 rings (SSSR count). The van der Waals surface area contributed by atoms with Crippen molar-refractivity contribution in [1.82, 2.24) is 10.3 Å². The number of hydrogen-bond donors (Lipinski definition) is 1.